The minimum absolute atomic E-state index is 0.103. The Bertz CT molecular complexity index is 835. The molecular formula is C19H23BrF2N4O2. The normalized spacial score (nSPS) is 15.3. The Hall–Kier alpha value is -2.00. The number of aryl methyl sites for hydroxylation is 2. The van der Waals surface area contributed by atoms with Gasteiger partial charge in [-0.25, -0.2) is 0 Å². The largest absolute Gasteiger partial charge is 0.434 e. The van der Waals surface area contributed by atoms with Crippen molar-refractivity contribution in [3.8, 4) is 5.75 Å². The van der Waals surface area contributed by atoms with E-state index in [0.29, 0.717) is 30.7 Å². The molecule has 1 amide bonds. The molecule has 2 heterocycles. The summed E-state index contributed by atoms with van der Waals surface area (Å²) in [6.07, 6.45) is 2.06. The zero-order valence-electron chi connectivity index (χ0n) is 15.9. The van der Waals surface area contributed by atoms with Crippen molar-refractivity contribution < 1.29 is 18.3 Å². The fourth-order valence-electron chi connectivity index (χ4n) is 3.26. The Morgan fingerprint density at radius 3 is 2.61 bits per heavy atom. The summed E-state index contributed by atoms with van der Waals surface area (Å²) >= 11 is 3.29. The third-order valence-corrected chi connectivity index (χ3v) is 5.31. The highest BCUT2D eigenvalue weighted by Gasteiger charge is 2.26. The maximum absolute atomic E-state index is 12.9. The highest BCUT2D eigenvalue weighted by atomic mass is 79.9. The molecule has 1 aromatic heterocycles. The number of rotatable bonds is 6. The van der Waals surface area contributed by atoms with Gasteiger partial charge in [-0.1, -0.05) is 15.9 Å². The number of carbonyl (C=O) groups is 1. The van der Waals surface area contributed by atoms with Gasteiger partial charge < -0.3 is 9.64 Å². The number of aromatic nitrogens is 2. The van der Waals surface area contributed by atoms with Gasteiger partial charge >= 0.3 is 6.61 Å². The maximum atomic E-state index is 12.9. The molecule has 0 atom stereocenters. The van der Waals surface area contributed by atoms with Crippen molar-refractivity contribution in [2.45, 2.75) is 33.5 Å². The van der Waals surface area contributed by atoms with Gasteiger partial charge in [-0.3, -0.25) is 14.4 Å². The minimum atomic E-state index is -2.98. The number of halogens is 3. The summed E-state index contributed by atoms with van der Waals surface area (Å²) in [5, 5.41) is 4.46. The average molecular weight is 457 g/mol. The SMILES string of the molecule is CCn1cc(CN2CCN(C(=O)c3cc(Br)ccc3OC(F)F)CC2)c(C)n1. The molecule has 28 heavy (non-hydrogen) atoms. The monoisotopic (exact) mass is 456 g/mol. The predicted octanol–water partition coefficient (Wildman–Crippen LogP) is 3.53. The zero-order valence-corrected chi connectivity index (χ0v) is 17.5. The summed E-state index contributed by atoms with van der Waals surface area (Å²) < 4.78 is 32.4. The van der Waals surface area contributed by atoms with Gasteiger partial charge in [0, 0.05) is 55.5 Å². The Labute approximate surface area is 171 Å². The third-order valence-electron chi connectivity index (χ3n) is 4.81. The number of hydrogen-bond acceptors (Lipinski definition) is 4. The van der Waals surface area contributed by atoms with E-state index in [2.05, 4.69) is 43.8 Å². The Kier molecular flexibility index (Phi) is 6.66. The van der Waals surface area contributed by atoms with Crippen LogP contribution in [0.1, 0.15) is 28.5 Å². The van der Waals surface area contributed by atoms with Gasteiger partial charge in [-0.15, -0.1) is 0 Å². The molecule has 0 unspecified atom stereocenters. The summed E-state index contributed by atoms with van der Waals surface area (Å²) in [6.45, 7) is 5.16. The van der Waals surface area contributed by atoms with E-state index in [1.54, 1.807) is 11.0 Å². The molecule has 0 bridgehead atoms. The summed E-state index contributed by atoms with van der Waals surface area (Å²) in [6, 6.07) is 4.48. The quantitative estimate of drug-likeness (QED) is 0.666. The lowest BCUT2D eigenvalue weighted by molar-refractivity contribution is -0.0503. The topological polar surface area (TPSA) is 50.6 Å². The van der Waals surface area contributed by atoms with E-state index >= 15 is 0 Å². The van der Waals surface area contributed by atoms with Crippen molar-refractivity contribution >= 4 is 21.8 Å². The van der Waals surface area contributed by atoms with Gasteiger partial charge in [0.1, 0.15) is 5.75 Å². The molecule has 0 aliphatic carbocycles. The van der Waals surface area contributed by atoms with Crippen LogP contribution in [0.4, 0.5) is 8.78 Å². The summed E-state index contributed by atoms with van der Waals surface area (Å²) in [5.41, 5.74) is 2.34. The second-order valence-electron chi connectivity index (χ2n) is 6.68. The lowest BCUT2D eigenvalue weighted by atomic mass is 10.1. The van der Waals surface area contributed by atoms with Crippen molar-refractivity contribution in [3.63, 3.8) is 0 Å². The standard InChI is InChI=1S/C19H23BrF2N4O2/c1-3-26-12-14(13(2)23-26)11-24-6-8-25(9-7-24)18(27)16-10-15(20)4-5-17(16)28-19(21)22/h4-5,10,12,19H,3,6-9,11H2,1-2H3. The fraction of sp³-hybridized carbons (Fsp3) is 0.474. The molecular weight excluding hydrogens is 434 g/mol. The maximum Gasteiger partial charge on any atom is 0.387 e. The van der Waals surface area contributed by atoms with Crippen LogP contribution in [0.3, 0.4) is 0 Å². The van der Waals surface area contributed by atoms with E-state index < -0.39 is 6.61 Å². The van der Waals surface area contributed by atoms with Gasteiger partial charge in [0.2, 0.25) is 0 Å². The first-order valence-corrected chi connectivity index (χ1v) is 9.95. The van der Waals surface area contributed by atoms with Gasteiger partial charge in [0.15, 0.2) is 0 Å². The first kappa shape index (κ1) is 20.7. The molecule has 1 aliphatic heterocycles. The molecule has 0 N–H and O–H groups in total. The van der Waals surface area contributed by atoms with E-state index in [0.717, 1.165) is 18.8 Å². The van der Waals surface area contributed by atoms with Crippen molar-refractivity contribution in [1.29, 1.82) is 0 Å². The van der Waals surface area contributed by atoms with Crippen LogP contribution in [-0.4, -0.2) is 58.3 Å². The number of hydrogen-bond donors (Lipinski definition) is 0. The van der Waals surface area contributed by atoms with Crippen molar-refractivity contribution in [2.75, 3.05) is 26.2 Å². The lowest BCUT2D eigenvalue weighted by Crippen LogP contribution is -2.48. The smallest absolute Gasteiger partial charge is 0.387 e. The number of amides is 1. The second-order valence-corrected chi connectivity index (χ2v) is 7.60. The van der Waals surface area contributed by atoms with Crippen molar-refractivity contribution in [2.24, 2.45) is 0 Å². The van der Waals surface area contributed by atoms with Crippen LogP contribution in [-0.2, 0) is 13.1 Å². The Morgan fingerprint density at radius 1 is 1.29 bits per heavy atom. The highest BCUT2D eigenvalue weighted by Crippen LogP contribution is 2.26. The number of benzene rings is 1. The van der Waals surface area contributed by atoms with E-state index in [9.17, 15) is 13.6 Å². The predicted molar refractivity (Wildman–Crippen MR) is 105 cm³/mol. The molecule has 9 heteroatoms. The van der Waals surface area contributed by atoms with Crippen molar-refractivity contribution in [1.82, 2.24) is 19.6 Å². The molecule has 1 fully saturated rings. The highest BCUT2D eigenvalue weighted by molar-refractivity contribution is 9.10. The third kappa shape index (κ3) is 4.88. The van der Waals surface area contributed by atoms with E-state index in [1.165, 1.54) is 17.7 Å². The molecule has 6 nitrogen and oxygen atoms in total. The van der Waals surface area contributed by atoms with Crippen molar-refractivity contribution in [3.05, 3.63) is 45.7 Å². The van der Waals surface area contributed by atoms with Crippen LogP contribution in [0.25, 0.3) is 0 Å². The molecule has 152 valence electrons. The number of piperazine rings is 1. The molecule has 0 saturated carbocycles. The molecule has 1 aromatic carbocycles. The van der Waals surface area contributed by atoms with Crippen LogP contribution < -0.4 is 4.74 Å². The molecule has 1 aliphatic rings. The Morgan fingerprint density at radius 2 is 2.00 bits per heavy atom. The summed E-state index contributed by atoms with van der Waals surface area (Å²) in [4.78, 5) is 16.8. The minimum Gasteiger partial charge on any atom is -0.434 e. The van der Waals surface area contributed by atoms with E-state index in [-0.39, 0.29) is 17.2 Å². The van der Waals surface area contributed by atoms with Crippen LogP contribution in [0.5, 0.6) is 5.75 Å². The average Bonchev–Trinajstić information content (AvgIpc) is 3.02. The van der Waals surface area contributed by atoms with Crippen LogP contribution >= 0.6 is 15.9 Å². The first-order valence-electron chi connectivity index (χ1n) is 9.16. The number of nitrogens with zero attached hydrogens (tertiary/aromatic N) is 4. The van der Waals surface area contributed by atoms with Crippen LogP contribution in [0, 0.1) is 6.92 Å². The molecule has 0 radical (unpaired) electrons. The molecule has 2 aromatic rings. The summed E-state index contributed by atoms with van der Waals surface area (Å²) in [5.74, 6) is -0.403. The van der Waals surface area contributed by atoms with Crippen LogP contribution in [0.15, 0.2) is 28.9 Å². The second kappa shape index (κ2) is 9.00. The fourth-order valence-corrected chi connectivity index (χ4v) is 3.63. The Balaban J connectivity index is 1.64. The number of ether oxygens (including phenoxy) is 1. The molecule has 1 saturated heterocycles. The molecule has 0 spiro atoms. The zero-order chi connectivity index (χ0) is 20.3. The number of alkyl halides is 2. The van der Waals surface area contributed by atoms with Gasteiger partial charge in [-0.2, -0.15) is 13.9 Å². The lowest BCUT2D eigenvalue weighted by Gasteiger charge is -2.35. The molecule has 3 rings (SSSR count). The van der Waals surface area contributed by atoms with Gasteiger partial charge in [0.05, 0.1) is 11.3 Å². The van der Waals surface area contributed by atoms with Gasteiger partial charge in [-0.05, 0) is 32.0 Å². The van der Waals surface area contributed by atoms with Crippen LogP contribution in [0.2, 0.25) is 0 Å². The first-order chi connectivity index (χ1) is 13.4. The van der Waals surface area contributed by atoms with Gasteiger partial charge in [0.25, 0.3) is 5.91 Å². The summed E-state index contributed by atoms with van der Waals surface area (Å²) in [7, 11) is 0. The number of carbonyl (C=O) groups excluding carboxylic acids is 1. The van der Waals surface area contributed by atoms with E-state index in [1.807, 2.05) is 11.6 Å². The van der Waals surface area contributed by atoms with E-state index in [4.69, 9.17) is 0 Å².